The van der Waals surface area contributed by atoms with Gasteiger partial charge in [0.15, 0.2) is 5.78 Å². The van der Waals surface area contributed by atoms with Crippen LogP contribution >= 0.6 is 0 Å². The van der Waals surface area contributed by atoms with Crippen molar-refractivity contribution >= 4 is 5.78 Å². The van der Waals surface area contributed by atoms with Gasteiger partial charge >= 0.3 is 0 Å². The minimum Gasteiger partial charge on any atom is -0.497 e. The third-order valence-corrected chi connectivity index (χ3v) is 5.30. The van der Waals surface area contributed by atoms with Gasteiger partial charge in [0.25, 0.3) is 0 Å². The molecule has 1 aliphatic heterocycles. The quantitative estimate of drug-likeness (QED) is 0.668. The van der Waals surface area contributed by atoms with Gasteiger partial charge in [-0.1, -0.05) is 0 Å². The van der Waals surface area contributed by atoms with Crippen molar-refractivity contribution in [3.05, 3.63) is 47.5 Å². The summed E-state index contributed by atoms with van der Waals surface area (Å²) < 4.78 is 12.6. The summed E-state index contributed by atoms with van der Waals surface area (Å²) in [4.78, 5) is 19.7. The number of ketones is 1. The van der Waals surface area contributed by atoms with Gasteiger partial charge < -0.3 is 14.0 Å². The Kier molecular flexibility index (Phi) is 6.63. The van der Waals surface area contributed by atoms with E-state index >= 15 is 0 Å². The monoisotopic (exact) mass is 371 g/mol. The largest absolute Gasteiger partial charge is 0.497 e. The van der Waals surface area contributed by atoms with Crippen molar-refractivity contribution in [2.45, 2.75) is 32.9 Å². The number of hydrogen-bond acceptors (Lipinski definition) is 5. The molecule has 0 radical (unpaired) electrons. The van der Waals surface area contributed by atoms with E-state index in [-0.39, 0.29) is 11.7 Å². The van der Waals surface area contributed by atoms with Crippen molar-refractivity contribution in [1.82, 2.24) is 14.5 Å². The molecule has 0 spiro atoms. The molecule has 6 nitrogen and oxygen atoms in total. The van der Waals surface area contributed by atoms with Crippen molar-refractivity contribution in [3.8, 4) is 5.75 Å². The molecule has 1 fully saturated rings. The summed E-state index contributed by atoms with van der Waals surface area (Å²) in [5.41, 5.74) is 2.96. The number of Topliss-reactive ketones (excluding diaryl/α,β-unsaturated/α-hetero) is 1. The van der Waals surface area contributed by atoms with E-state index in [9.17, 15) is 4.79 Å². The van der Waals surface area contributed by atoms with Gasteiger partial charge in [-0.05, 0) is 50.1 Å². The van der Waals surface area contributed by atoms with Crippen LogP contribution in [0.5, 0.6) is 5.75 Å². The lowest BCUT2D eigenvalue weighted by molar-refractivity contribution is 0.0807. The second-order valence-corrected chi connectivity index (χ2v) is 7.19. The summed E-state index contributed by atoms with van der Waals surface area (Å²) in [6.07, 6.45) is 5.75. The number of methoxy groups -OCH3 is 2. The zero-order valence-electron chi connectivity index (χ0n) is 16.5. The number of likely N-dealkylation sites (tertiary alicyclic amines) is 1. The van der Waals surface area contributed by atoms with Crippen molar-refractivity contribution in [2.75, 3.05) is 33.9 Å². The molecule has 1 atom stereocenters. The number of piperidine rings is 1. The summed E-state index contributed by atoms with van der Waals surface area (Å²) in [5, 5.41) is 0. The highest BCUT2D eigenvalue weighted by Gasteiger charge is 2.28. The molecule has 2 aromatic rings. The number of hydrogen-bond donors (Lipinski definition) is 0. The van der Waals surface area contributed by atoms with Crippen LogP contribution < -0.4 is 4.74 Å². The third kappa shape index (κ3) is 4.76. The lowest BCUT2D eigenvalue weighted by Crippen LogP contribution is -2.38. The standard InChI is InChI=1S/C21H29N3O3/c1-16-11-19(27-3)6-7-20(16)21(25)17-5-4-8-23(13-17)14-18-12-22-15-24(18)9-10-26-2/h6-7,11-12,15,17H,4-5,8-10,13-14H2,1-3H3/t17-/m0/s1. The van der Waals surface area contributed by atoms with E-state index in [0.717, 1.165) is 55.9 Å². The van der Waals surface area contributed by atoms with Crippen molar-refractivity contribution < 1.29 is 14.3 Å². The smallest absolute Gasteiger partial charge is 0.167 e. The van der Waals surface area contributed by atoms with Crippen LogP contribution in [-0.4, -0.2) is 54.2 Å². The maximum absolute atomic E-state index is 13.1. The lowest BCUT2D eigenvalue weighted by atomic mass is 9.88. The van der Waals surface area contributed by atoms with Gasteiger partial charge in [0, 0.05) is 44.4 Å². The zero-order valence-corrected chi connectivity index (χ0v) is 16.5. The van der Waals surface area contributed by atoms with Crippen LogP contribution in [0.2, 0.25) is 0 Å². The molecular weight excluding hydrogens is 342 g/mol. The molecule has 146 valence electrons. The number of nitrogens with zero attached hydrogens (tertiary/aromatic N) is 3. The van der Waals surface area contributed by atoms with E-state index in [1.54, 1.807) is 14.2 Å². The lowest BCUT2D eigenvalue weighted by Gasteiger charge is -2.32. The highest BCUT2D eigenvalue weighted by Crippen LogP contribution is 2.25. The molecule has 0 N–H and O–H groups in total. The fourth-order valence-electron chi connectivity index (χ4n) is 3.77. The molecule has 1 aromatic heterocycles. The zero-order chi connectivity index (χ0) is 19.2. The van der Waals surface area contributed by atoms with Gasteiger partial charge in [-0.3, -0.25) is 9.69 Å². The van der Waals surface area contributed by atoms with Crippen molar-refractivity contribution in [3.63, 3.8) is 0 Å². The molecule has 6 heteroatoms. The number of imidazole rings is 1. The Bertz CT molecular complexity index is 772. The van der Waals surface area contributed by atoms with Gasteiger partial charge in [-0.15, -0.1) is 0 Å². The van der Waals surface area contributed by atoms with E-state index in [1.807, 2.05) is 37.6 Å². The van der Waals surface area contributed by atoms with Crippen LogP contribution in [0, 0.1) is 12.8 Å². The Balaban J connectivity index is 1.65. The van der Waals surface area contributed by atoms with Gasteiger partial charge in [-0.2, -0.15) is 0 Å². The maximum atomic E-state index is 13.1. The number of carbonyl (C=O) groups excluding carboxylic acids is 1. The third-order valence-electron chi connectivity index (χ3n) is 5.30. The van der Waals surface area contributed by atoms with Crippen LogP contribution in [0.3, 0.4) is 0 Å². The van der Waals surface area contributed by atoms with Crippen molar-refractivity contribution in [2.24, 2.45) is 5.92 Å². The molecule has 0 amide bonds. The summed E-state index contributed by atoms with van der Waals surface area (Å²) in [6.45, 7) is 6.06. The molecule has 2 heterocycles. The van der Waals surface area contributed by atoms with E-state index in [4.69, 9.17) is 9.47 Å². The van der Waals surface area contributed by atoms with E-state index in [2.05, 4.69) is 14.5 Å². The number of rotatable bonds is 8. The number of aromatic nitrogens is 2. The second-order valence-electron chi connectivity index (χ2n) is 7.19. The Labute approximate surface area is 161 Å². The van der Waals surface area contributed by atoms with Crippen LogP contribution in [0.1, 0.15) is 34.5 Å². The Morgan fingerprint density at radius 1 is 1.33 bits per heavy atom. The molecule has 1 saturated heterocycles. The average molecular weight is 371 g/mol. The van der Waals surface area contributed by atoms with Crippen LogP contribution in [-0.2, 0) is 17.8 Å². The Hall–Kier alpha value is -2.18. The Morgan fingerprint density at radius 3 is 2.93 bits per heavy atom. The normalized spacial score (nSPS) is 17.8. The molecular formula is C21H29N3O3. The van der Waals surface area contributed by atoms with E-state index in [0.29, 0.717) is 6.61 Å². The predicted molar refractivity (Wildman–Crippen MR) is 104 cm³/mol. The molecule has 1 aliphatic rings. The molecule has 3 rings (SSSR count). The maximum Gasteiger partial charge on any atom is 0.167 e. The Morgan fingerprint density at radius 2 is 2.19 bits per heavy atom. The number of carbonyl (C=O) groups is 1. The summed E-state index contributed by atoms with van der Waals surface area (Å²) in [6, 6.07) is 5.70. The molecule has 27 heavy (non-hydrogen) atoms. The first-order valence-corrected chi connectivity index (χ1v) is 9.51. The highest BCUT2D eigenvalue weighted by atomic mass is 16.5. The summed E-state index contributed by atoms with van der Waals surface area (Å²) >= 11 is 0. The van der Waals surface area contributed by atoms with E-state index < -0.39 is 0 Å². The van der Waals surface area contributed by atoms with Gasteiger partial charge in [0.05, 0.1) is 25.7 Å². The second kappa shape index (κ2) is 9.15. The molecule has 1 aromatic carbocycles. The topological polar surface area (TPSA) is 56.6 Å². The number of aryl methyl sites for hydroxylation is 1. The van der Waals surface area contributed by atoms with Gasteiger partial charge in [0.2, 0.25) is 0 Å². The van der Waals surface area contributed by atoms with Gasteiger partial charge in [-0.25, -0.2) is 4.98 Å². The first kappa shape index (κ1) is 19.6. The minimum atomic E-state index is 0.0428. The highest BCUT2D eigenvalue weighted by molar-refractivity contribution is 5.99. The first-order valence-electron chi connectivity index (χ1n) is 9.51. The van der Waals surface area contributed by atoms with Crippen LogP contribution in [0.15, 0.2) is 30.7 Å². The fraction of sp³-hybridized carbons (Fsp3) is 0.524. The number of ether oxygens (including phenoxy) is 2. The van der Waals surface area contributed by atoms with Gasteiger partial charge in [0.1, 0.15) is 5.75 Å². The minimum absolute atomic E-state index is 0.0428. The fourth-order valence-corrected chi connectivity index (χ4v) is 3.77. The molecule has 0 bridgehead atoms. The SMILES string of the molecule is COCCn1cncc1CN1CCC[C@H](C(=O)c2ccc(OC)cc2C)C1. The van der Waals surface area contributed by atoms with Crippen LogP contribution in [0.25, 0.3) is 0 Å². The molecule has 0 unspecified atom stereocenters. The average Bonchev–Trinajstić information content (AvgIpc) is 3.12. The predicted octanol–water partition coefficient (Wildman–Crippen LogP) is 2.94. The first-order chi connectivity index (χ1) is 13.1. The van der Waals surface area contributed by atoms with Crippen molar-refractivity contribution in [1.29, 1.82) is 0 Å². The summed E-state index contributed by atoms with van der Waals surface area (Å²) in [5.74, 6) is 1.08. The molecule has 0 saturated carbocycles. The summed E-state index contributed by atoms with van der Waals surface area (Å²) in [7, 11) is 3.35. The van der Waals surface area contributed by atoms with E-state index in [1.165, 1.54) is 5.69 Å². The molecule has 0 aliphatic carbocycles. The number of benzene rings is 1. The van der Waals surface area contributed by atoms with Crippen LogP contribution in [0.4, 0.5) is 0 Å².